The van der Waals surface area contributed by atoms with Crippen molar-refractivity contribution in [2.75, 3.05) is 19.8 Å². The van der Waals surface area contributed by atoms with Crippen molar-refractivity contribution >= 4 is 47.8 Å². The molecule has 8 unspecified atom stereocenters. The van der Waals surface area contributed by atoms with Crippen LogP contribution in [0.15, 0.2) is 72.9 Å². The lowest BCUT2D eigenvalue weighted by molar-refractivity contribution is -0.167. The van der Waals surface area contributed by atoms with Crippen LogP contribution in [0.5, 0.6) is 0 Å². The Labute approximate surface area is 620 Å². The fourth-order valence-corrected chi connectivity index (χ4v) is 13.7. The van der Waals surface area contributed by atoms with Gasteiger partial charge in [-0.1, -0.05) is 314 Å². The SMILES string of the molecule is CCCCCCCCCCC(CCCCCCCC)COC(=O)C(C)C(/C=C/C=C\CCCCCCCC(=O)OCC(COC(=O)CCCCCCC/C=C\C/C=C\C=C\C(CC)C1CC(=O)OC1=O)OC(=O)CCCCCC/C=C/C(CCCCCCCC)C1CC(=O)OC1=O)CCCCC. The molecule has 0 amide bonds. The van der Waals surface area contributed by atoms with Crippen LogP contribution in [0.1, 0.15) is 369 Å². The monoisotopic (exact) mass is 1430 g/mol. The number of unbranched alkanes of at least 4 members (excludes halogenated alkanes) is 33. The summed E-state index contributed by atoms with van der Waals surface area (Å²) >= 11 is 0. The molecule has 14 heteroatoms. The van der Waals surface area contributed by atoms with Gasteiger partial charge in [-0.05, 0) is 120 Å². The summed E-state index contributed by atoms with van der Waals surface area (Å²) < 4.78 is 32.8. The molecule has 0 saturated carbocycles. The molecule has 2 heterocycles. The minimum Gasteiger partial charge on any atom is -0.465 e. The summed E-state index contributed by atoms with van der Waals surface area (Å²) in [6.07, 6.45) is 74.8. The molecule has 2 fully saturated rings. The van der Waals surface area contributed by atoms with Crippen LogP contribution in [-0.4, -0.2) is 73.7 Å². The molecule has 0 aliphatic carbocycles. The summed E-state index contributed by atoms with van der Waals surface area (Å²) in [5.74, 6) is -3.37. The maximum Gasteiger partial charge on any atom is 0.317 e. The van der Waals surface area contributed by atoms with Crippen molar-refractivity contribution in [3.05, 3.63) is 72.9 Å². The van der Waals surface area contributed by atoms with Crippen LogP contribution in [0.3, 0.4) is 0 Å². The molecule has 0 aromatic rings. The van der Waals surface area contributed by atoms with E-state index in [-0.39, 0.29) is 86.9 Å². The highest BCUT2D eigenvalue weighted by Crippen LogP contribution is 2.32. The third-order valence-corrected chi connectivity index (χ3v) is 20.4. The van der Waals surface area contributed by atoms with Gasteiger partial charge in [0.2, 0.25) is 0 Å². The predicted molar refractivity (Wildman–Crippen MR) is 414 cm³/mol. The number of hydrogen-bond donors (Lipinski definition) is 0. The lowest BCUT2D eigenvalue weighted by Crippen LogP contribution is -2.30. The van der Waals surface area contributed by atoms with Crippen LogP contribution < -0.4 is 0 Å². The van der Waals surface area contributed by atoms with Gasteiger partial charge >= 0.3 is 47.8 Å². The van der Waals surface area contributed by atoms with E-state index in [0.29, 0.717) is 31.8 Å². The van der Waals surface area contributed by atoms with Crippen LogP contribution in [0.25, 0.3) is 0 Å². The fraction of sp³-hybridized carbons (Fsp3) is 0.773. The van der Waals surface area contributed by atoms with E-state index in [4.69, 9.17) is 28.4 Å². The summed E-state index contributed by atoms with van der Waals surface area (Å²) in [7, 11) is 0. The Morgan fingerprint density at radius 1 is 0.392 bits per heavy atom. The number of carbonyl (C=O) groups excluding carboxylic acids is 8. The zero-order valence-electron chi connectivity index (χ0n) is 65.4. The molecule has 102 heavy (non-hydrogen) atoms. The van der Waals surface area contributed by atoms with Crippen molar-refractivity contribution in [2.45, 2.75) is 375 Å². The van der Waals surface area contributed by atoms with Gasteiger partial charge in [-0.15, -0.1) is 0 Å². The van der Waals surface area contributed by atoms with Gasteiger partial charge in [-0.2, -0.15) is 0 Å². The van der Waals surface area contributed by atoms with Gasteiger partial charge in [-0.25, -0.2) is 0 Å². The Morgan fingerprint density at radius 3 is 1.30 bits per heavy atom. The van der Waals surface area contributed by atoms with Gasteiger partial charge in [-0.3, -0.25) is 38.4 Å². The highest BCUT2D eigenvalue weighted by Gasteiger charge is 2.39. The van der Waals surface area contributed by atoms with E-state index in [9.17, 15) is 38.4 Å². The molecule has 2 saturated heterocycles. The number of esters is 8. The highest BCUT2D eigenvalue weighted by molar-refractivity contribution is 5.95. The minimum atomic E-state index is -0.913. The molecule has 2 aliphatic rings. The van der Waals surface area contributed by atoms with Crippen molar-refractivity contribution < 1.29 is 66.8 Å². The second-order valence-electron chi connectivity index (χ2n) is 29.6. The van der Waals surface area contributed by atoms with Gasteiger partial charge in [0.1, 0.15) is 13.2 Å². The molecule has 2 rings (SSSR count). The van der Waals surface area contributed by atoms with Crippen molar-refractivity contribution in [1.82, 2.24) is 0 Å². The highest BCUT2D eigenvalue weighted by atomic mass is 16.6. The Bertz CT molecular complexity index is 2380. The molecule has 0 bridgehead atoms. The molecule has 0 radical (unpaired) electrons. The van der Waals surface area contributed by atoms with E-state index in [1.807, 2.05) is 25.2 Å². The zero-order chi connectivity index (χ0) is 74.1. The normalized spacial score (nSPS) is 16.8. The summed E-state index contributed by atoms with van der Waals surface area (Å²) in [4.78, 5) is 101. The van der Waals surface area contributed by atoms with Gasteiger partial charge in [0, 0.05) is 19.3 Å². The first kappa shape index (κ1) is 92.7. The second kappa shape index (κ2) is 65.1. The van der Waals surface area contributed by atoms with E-state index < -0.39 is 47.8 Å². The Hall–Kier alpha value is -5.40. The van der Waals surface area contributed by atoms with Crippen LogP contribution >= 0.6 is 0 Å². The van der Waals surface area contributed by atoms with E-state index in [2.05, 4.69) is 89.3 Å². The molecular weight excluding hydrogens is 1280 g/mol. The third kappa shape index (κ3) is 50.1. The van der Waals surface area contributed by atoms with Crippen LogP contribution in [-0.2, 0) is 66.8 Å². The Morgan fingerprint density at radius 2 is 0.804 bits per heavy atom. The number of carbonyl (C=O) groups is 8. The van der Waals surface area contributed by atoms with Crippen molar-refractivity contribution in [2.24, 2.45) is 41.4 Å². The van der Waals surface area contributed by atoms with Gasteiger partial charge in [0.25, 0.3) is 0 Å². The van der Waals surface area contributed by atoms with Crippen molar-refractivity contribution in [3.8, 4) is 0 Å². The Kier molecular flexibility index (Phi) is 59.2. The number of cyclic esters (lactones) is 4. The number of hydrogen-bond acceptors (Lipinski definition) is 14. The second-order valence-corrected chi connectivity index (χ2v) is 29.6. The largest absolute Gasteiger partial charge is 0.465 e. The van der Waals surface area contributed by atoms with E-state index in [1.165, 1.54) is 116 Å². The van der Waals surface area contributed by atoms with Crippen molar-refractivity contribution in [3.63, 3.8) is 0 Å². The van der Waals surface area contributed by atoms with Gasteiger partial charge in [0.15, 0.2) is 6.10 Å². The summed E-state index contributed by atoms with van der Waals surface area (Å²) in [6.45, 7) is 13.2. The molecule has 0 aromatic heterocycles. The van der Waals surface area contributed by atoms with Gasteiger partial charge in [0.05, 0.1) is 37.2 Å². The van der Waals surface area contributed by atoms with Gasteiger partial charge < -0.3 is 28.4 Å². The molecule has 0 N–H and O–H groups in total. The molecule has 14 nitrogen and oxygen atoms in total. The number of rotatable bonds is 69. The van der Waals surface area contributed by atoms with Crippen LogP contribution in [0.2, 0.25) is 0 Å². The lowest BCUT2D eigenvalue weighted by atomic mass is 9.86. The minimum absolute atomic E-state index is 0.0107. The lowest BCUT2D eigenvalue weighted by Gasteiger charge is -2.22. The van der Waals surface area contributed by atoms with E-state index in [0.717, 1.165) is 161 Å². The molecular formula is C88H146O14. The Balaban J connectivity index is 1.83. The molecule has 2 aliphatic heterocycles. The summed E-state index contributed by atoms with van der Waals surface area (Å²) in [5.41, 5.74) is 0. The standard InChI is InChI=1S/C88H146O14/c1-7-12-16-19-22-32-40-50-59-74(58-49-39-20-17-13-8-2)70-99-86(94)73(6)76(61-48-15-10-4)62-52-43-34-29-27-31-36-46-56-66-82(90)98-72-78(100-83(91)67-57-47-38-37-44-54-64-77(63-53-41-21-18-14-9-3)80-69-85(93)102-88(80)96)71-97-81(89)65-55-45-35-30-26-24-23-25-28-33-42-51-60-75(11-5)79-68-84(92)101-87(79)95/h23,25,33-34,42-43,51-52,54,60,62,64,73-80H,7-22,24,26-32,35-41,44-50,53,55-59,61,63,65-72H2,1-6H3/b25-23-,42-33-,43-34-,60-51+,62-52+,64-54+. The van der Waals surface area contributed by atoms with E-state index >= 15 is 0 Å². The predicted octanol–water partition coefficient (Wildman–Crippen LogP) is 23.4. The first-order valence-electron chi connectivity index (χ1n) is 41.9. The van der Waals surface area contributed by atoms with Crippen LogP contribution in [0, 0.1) is 41.4 Å². The average molecular weight is 1430 g/mol. The molecule has 0 aromatic carbocycles. The quantitative estimate of drug-likeness (QED) is 0.0139. The summed E-state index contributed by atoms with van der Waals surface area (Å²) in [6, 6.07) is 0. The van der Waals surface area contributed by atoms with Crippen molar-refractivity contribution in [1.29, 1.82) is 0 Å². The molecule has 582 valence electrons. The fourth-order valence-electron chi connectivity index (χ4n) is 13.7. The maximum absolute atomic E-state index is 13.6. The molecule has 0 spiro atoms. The maximum atomic E-state index is 13.6. The van der Waals surface area contributed by atoms with E-state index in [1.54, 1.807) is 0 Å². The zero-order valence-corrected chi connectivity index (χ0v) is 65.4. The van der Waals surface area contributed by atoms with Crippen LogP contribution in [0.4, 0.5) is 0 Å². The third-order valence-electron chi connectivity index (χ3n) is 20.4. The first-order chi connectivity index (χ1) is 49.8. The number of allylic oxidation sites excluding steroid dienone is 12. The first-order valence-corrected chi connectivity index (χ1v) is 41.9. The molecule has 8 atom stereocenters. The summed E-state index contributed by atoms with van der Waals surface area (Å²) in [5, 5.41) is 0. The topological polar surface area (TPSA) is 192 Å². The average Bonchev–Trinajstić information content (AvgIpc) is 1.72. The smallest absolute Gasteiger partial charge is 0.317 e. The number of ether oxygens (including phenoxy) is 6.